The van der Waals surface area contributed by atoms with Crippen LogP contribution in [0.25, 0.3) is 0 Å². The summed E-state index contributed by atoms with van der Waals surface area (Å²) < 4.78 is 5.64. The van der Waals surface area contributed by atoms with Crippen molar-refractivity contribution in [2.24, 2.45) is 4.99 Å². The van der Waals surface area contributed by atoms with Gasteiger partial charge in [0.05, 0.1) is 12.6 Å². The summed E-state index contributed by atoms with van der Waals surface area (Å²) in [6.07, 6.45) is 2.05. The van der Waals surface area contributed by atoms with E-state index in [1.807, 2.05) is 31.2 Å². The second-order valence-electron chi connectivity index (χ2n) is 7.47. The Morgan fingerprint density at radius 3 is 2.61 bits per heavy atom. The van der Waals surface area contributed by atoms with Crippen LogP contribution >= 0.6 is 11.6 Å². The van der Waals surface area contributed by atoms with Crippen molar-refractivity contribution >= 4 is 35.1 Å². The molecule has 3 N–H and O–H groups in total. The number of amides is 2. The molecule has 2 amide bonds. The lowest BCUT2D eigenvalue weighted by Gasteiger charge is -2.15. The molecule has 0 aliphatic carbocycles. The number of nitrogens with one attached hydrogen (secondary N) is 3. The van der Waals surface area contributed by atoms with Crippen LogP contribution in [0.4, 0.5) is 5.69 Å². The second kappa shape index (κ2) is 10.9. The Balaban J connectivity index is 1.71. The normalized spacial score (nSPS) is 16.1. The Labute approximate surface area is 187 Å². The van der Waals surface area contributed by atoms with Crippen LogP contribution in [0.15, 0.2) is 47.5 Å². The van der Waals surface area contributed by atoms with E-state index in [9.17, 15) is 9.59 Å². The molecule has 1 saturated heterocycles. The summed E-state index contributed by atoms with van der Waals surface area (Å²) in [6.45, 7) is 5.03. The van der Waals surface area contributed by atoms with Crippen LogP contribution in [0.2, 0.25) is 5.02 Å². The average molecular weight is 443 g/mol. The zero-order valence-electron chi connectivity index (χ0n) is 17.7. The van der Waals surface area contributed by atoms with Crippen LogP contribution in [-0.4, -0.2) is 37.0 Å². The number of aryl methyl sites for hydroxylation is 1. The molecule has 1 aliphatic heterocycles. The first-order valence-corrected chi connectivity index (χ1v) is 10.6. The predicted octanol–water partition coefficient (Wildman–Crippen LogP) is 3.66. The van der Waals surface area contributed by atoms with E-state index >= 15 is 0 Å². The predicted molar refractivity (Wildman–Crippen MR) is 123 cm³/mol. The van der Waals surface area contributed by atoms with Gasteiger partial charge in [-0.15, -0.1) is 0 Å². The molecule has 31 heavy (non-hydrogen) atoms. The van der Waals surface area contributed by atoms with E-state index in [2.05, 4.69) is 20.9 Å². The number of hydrogen-bond donors (Lipinski definition) is 3. The summed E-state index contributed by atoms with van der Waals surface area (Å²) in [5, 5.41) is 9.43. The fraction of sp³-hybridized carbons (Fsp3) is 0.348. The number of benzene rings is 2. The van der Waals surface area contributed by atoms with Gasteiger partial charge in [0, 0.05) is 36.3 Å². The maximum Gasteiger partial charge on any atom is 0.257 e. The van der Waals surface area contributed by atoms with Gasteiger partial charge < -0.3 is 15.4 Å². The van der Waals surface area contributed by atoms with Gasteiger partial charge in [-0.1, -0.05) is 23.7 Å². The second-order valence-corrected chi connectivity index (χ2v) is 7.91. The van der Waals surface area contributed by atoms with Gasteiger partial charge in [-0.3, -0.25) is 14.9 Å². The standard InChI is InChI=1S/C23H27ClN4O3/c1-15-12-19(24)9-10-21(15)27-23(26-14-20-4-3-11-31-20)28-22(30)18-7-5-17(6-8-18)13-25-16(2)29/h5-10,12,20H,3-4,11,13-14H2,1-2H3,(H,25,29)(H2,26,27,28,30). The van der Waals surface area contributed by atoms with Crippen LogP contribution in [0, 0.1) is 6.92 Å². The molecular formula is C23H27ClN4O3. The van der Waals surface area contributed by atoms with Crippen LogP contribution in [0.3, 0.4) is 0 Å². The van der Waals surface area contributed by atoms with Gasteiger partial charge in [-0.05, 0) is 61.2 Å². The Kier molecular flexibility index (Phi) is 8.03. The number of hydrogen-bond acceptors (Lipinski definition) is 4. The Bertz CT molecular complexity index is 954. The largest absolute Gasteiger partial charge is 0.376 e. The summed E-state index contributed by atoms with van der Waals surface area (Å²) >= 11 is 6.05. The minimum atomic E-state index is -0.281. The van der Waals surface area contributed by atoms with Crippen LogP contribution in [0.1, 0.15) is 41.3 Å². The van der Waals surface area contributed by atoms with E-state index in [1.54, 1.807) is 18.2 Å². The van der Waals surface area contributed by atoms with Crippen molar-refractivity contribution in [3.8, 4) is 0 Å². The van der Waals surface area contributed by atoms with Crippen LogP contribution in [0.5, 0.6) is 0 Å². The van der Waals surface area contributed by atoms with Crippen molar-refractivity contribution in [3.63, 3.8) is 0 Å². The van der Waals surface area contributed by atoms with Crippen LogP contribution < -0.4 is 16.0 Å². The maximum atomic E-state index is 12.8. The number of anilines is 1. The molecule has 2 aromatic carbocycles. The number of halogens is 1. The highest BCUT2D eigenvalue weighted by Gasteiger charge is 2.16. The van der Waals surface area contributed by atoms with E-state index in [4.69, 9.17) is 16.3 Å². The average Bonchev–Trinajstić information content (AvgIpc) is 3.26. The summed E-state index contributed by atoms with van der Waals surface area (Å²) in [6, 6.07) is 12.5. The quantitative estimate of drug-likeness (QED) is 0.470. The number of aliphatic imine (C=N–C) groups is 1. The van der Waals surface area contributed by atoms with E-state index in [0.717, 1.165) is 36.3 Å². The molecule has 0 saturated carbocycles. The smallest absolute Gasteiger partial charge is 0.257 e. The highest BCUT2D eigenvalue weighted by molar-refractivity contribution is 6.30. The van der Waals surface area contributed by atoms with Crippen molar-refractivity contribution in [3.05, 3.63) is 64.2 Å². The lowest BCUT2D eigenvalue weighted by Crippen LogP contribution is -2.37. The van der Waals surface area contributed by atoms with Crippen molar-refractivity contribution in [1.82, 2.24) is 10.6 Å². The molecule has 0 aromatic heterocycles. The molecule has 0 bridgehead atoms. The molecule has 164 valence electrons. The van der Waals surface area contributed by atoms with E-state index in [1.165, 1.54) is 6.92 Å². The monoisotopic (exact) mass is 442 g/mol. The first-order chi connectivity index (χ1) is 14.9. The molecule has 7 nitrogen and oxygen atoms in total. The topological polar surface area (TPSA) is 91.8 Å². The third-order valence-corrected chi connectivity index (χ3v) is 5.14. The molecule has 2 aromatic rings. The number of rotatable bonds is 6. The minimum Gasteiger partial charge on any atom is -0.376 e. The summed E-state index contributed by atoms with van der Waals surface area (Å²) in [7, 11) is 0. The number of nitrogens with zero attached hydrogens (tertiary/aromatic N) is 1. The molecule has 1 atom stereocenters. The fourth-order valence-corrected chi connectivity index (χ4v) is 3.39. The molecule has 8 heteroatoms. The van der Waals surface area contributed by atoms with Gasteiger partial charge in [0.2, 0.25) is 11.9 Å². The minimum absolute atomic E-state index is 0.0630. The molecule has 1 fully saturated rings. The van der Waals surface area contributed by atoms with E-state index < -0.39 is 0 Å². The number of guanidine groups is 1. The molecule has 0 spiro atoms. The van der Waals surface area contributed by atoms with Crippen molar-refractivity contribution in [2.45, 2.75) is 39.3 Å². The van der Waals surface area contributed by atoms with Crippen molar-refractivity contribution < 1.29 is 14.3 Å². The van der Waals surface area contributed by atoms with Crippen LogP contribution in [-0.2, 0) is 16.1 Å². The number of carbonyl (C=O) groups is 2. The first kappa shape index (κ1) is 22.8. The molecule has 1 heterocycles. The zero-order chi connectivity index (χ0) is 22.2. The SMILES string of the molecule is CC(=O)NCc1ccc(C(=O)NC(=NCC2CCCO2)Nc2ccc(Cl)cc2C)cc1. The fourth-order valence-electron chi connectivity index (χ4n) is 3.17. The number of carbonyl (C=O) groups excluding carboxylic acids is 2. The van der Waals surface area contributed by atoms with Gasteiger partial charge in [-0.2, -0.15) is 0 Å². The number of ether oxygens (including phenoxy) is 1. The van der Waals surface area contributed by atoms with E-state index in [-0.39, 0.29) is 17.9 Å². The van der Waals surface area contributed by atoms with Gasteiger partial charge in [0.25, 0.3) is 5.91 Å². The molecule has 1 aliphatic rings. The lowest BCUT2D eigenvalue weighted by atomic mass is 10.1. The Morgan fingerprint density at radius 2 is 1.97 bits per heavy atom. The summed E-state index contributed by atoms with van der Waals surface area (Å²) in [4.78, 5) is 28.4. The molecule has 1 unspecified atom stereocenters. The van der Waals surface area contributed by atoms with Gasteiger partial charge in [0.15, 0.2) is 0 Å². The van der Waals surface area contributed by atoms with Gasteiger partial charge in [0.1, 0.15) is 0 Å². The van der Waals surface area contributed by atoms with Crippen molar-refractivity contribution in [2.75, 3.05) is 18.5 Å². The molecular weight excluding hydrogens is 416 g/mol. The lowest BCUT2D eigenvalue weighted by molar-refractivity contribution is -0.119. The highest BCUT2D eigenvalue weighted by Crippen LogP contribution is 2.20. The highest BCUT2D eigenvalue weighted by atomic mass is 35.5. The summed E-state index contributed by atoms with van der Waals surface area (Å²) in [5.41, 5.74) is 3.15. The third kappa shape index (κ3) is 7.08. The van der Waals surface area contributed by atoms with Gasteiger partial charge in [-0.25, -0.2) is 4.99 Å². The Hall–Kier alpha value is -2.90. The third-order valence-electron chi connectivity index (χ3n) is 4.91. The maximum absolute atomic E-state index is 12.8. The van der Waals surface area contributed by atoms with Gasteiger partial charge >= 0.3 is 0 Å². The Morgan fingerprint density at radius 1 is 1.19 bits per heavy atom. The van der Waals surface area contributed by atoms with E-state index in [0.29, 0.717) is 29.6 Å². The molecule has 3 rings (SSSR count). The zero-order valence-corrected chi connectivity index (χ0v) is 18.5. The van der Waals surface area contributed by atoms with Crippen molar-refractivity contribution in [1.29, 1.82) is 0 Å². The first-order valence-electron chi connectivity index (χ1n) is 10.2. The molecule has 0 radical (unpaired) electrons. The summed E-state index contributed by atoms with van der Waals surface area (Å²) in [5.74, 6) is -0.0259.